The molecule has 0 amide bonds. The van der Waals surface area contributed by atoms with Gasteiger partial charge in [-0.05, 0) is 13.0 Å². The normalized spacial score (nSPS) is 14.4. The number of hydrogen-bond donors (Lipinski definition) is 2. The zero-order valence-corrected chi connectivity index (χ0v) is 5.44. The molecule has 0 aliphatic carbocycles. The number of nitrogens with one attached hydrogen (secondary N) is 1. The van der Waals surface area contributed by atoms with Gasteiger partial charge in [0, 0.05) is 6.04 Å². The summed E-state index contributed by atoms with van der Waals surface area (Å²) in [5.74, 6) is 0. The Bertz CT molecular complexity index is 107. The Morgan fingerprint density at radius 1 is 1.88 bits per heavy atom. The zero-order valence-electron chi connectivity index (χ0n) is 4.69. The monoisotopic (exact) mass is 132 g/mol. The molecule has 0 saturated carbocycles. The van der Waals surface area contributed by atoms with Crippen LogP contribution in [0, 0.1) is 5.41 Å². The van der Waals surface area contributed by atoms with Crippen molar-refractivity contribution in [3.63, 3.8) is 0 Å². The largest absolute Gasteiger partial charge is 0.325 e. The maximum Gasteiger partial charge on any atom is 0.120 e. The van der Waals surface area contributed by atoms with Crippen LogP contribution in [0.4, 0.5) is 0 Å². The van der Waals surface area contributed by atoms with Crippen LogP contribution in [-0.4, -0.2) is 11.2 Å². The quantitative estimate of drug-likeness (QED) is 0.544. The van der Waals surface area contributed by atoms with Crippen molar-refractivity contribution >= 4 is 16.8 Å². The number of halogens is 1. The molecule has 1 atom stereocenters. The molecule has 0 aliphatic heterocycles. The van der Waals surface area contributed by atoms with E-state index in [1.54, 1.807) is 6.08 Å². The Balaban J connectivity index is 3.50. The van der Waals surface area contributed by atoms with Gasteiger partial charge < -0.3 is 5.73 Å². The third kappa shape index (κ3) is 5.66. The van der Waals surface area contributed by atoms with Crippen molar-refractivity contribution in [3.05, 3.63) is 12.2 Å². The predicted molar refractivity (Wildman–Crippen MR) is 36.4 cm³/mol. The van der Waals surface area contributed by atoms with E-state index in [0.717, 1.165) is 0 Å². The van der Waals surface area contributed by atoms with Gasteiger partial charge in [-0.2, -0.15) is 0 Å². The van der Waals surface area contributed by atoms with Crippen LogP contribution in [0.15, 0.2) is 12.2 Å². The topological polar surface area (TPSA) is 49.9 Å². The third-order valence-corrected chi connectivity index (χ3v) is 0.672. The molecule has 0 bridgehead atoms. The first-order chi connectivity index (χ1) is 3.63. The minimum absolute atomic E-state index is 0.0160. The molecule has 3 heteroatoms. The summed E-state index contributed by atoms with van der Waals surface area (Å²) in [6, 6.07) is -0.0194. The molecular formula is C5H9ClN2. The van der Waals surface area contributed by atoms with E-state index in [9.17, 15) is 0 Å². The lowest BCUT2D eigenvalue weighted by Gasteiger charge is -1.90. The van der Waals surface area contributed by atoms with E-state index in [-0.39, 0.29) is 11.2 Å². The van der Waals surface area contributed by atoms with E-state index in [0.29, 0.717) is 0 Å². The van der Waals surface area contributed by atoms with Crippen molar-refractivity contribution in [2.24, 2.45) is 5.73 Å². The minimum Gasteiger partial charge on any atom is -0.325 e. The fourth-order valence-corrected chi connectivity index (χ4v) is 0.309. The summed E-state index contributed by atoms with van der Waals surface area (Å²) < 4.78 is 0. The maximum absolute atomic E-state index is 6.71. The van der Waals surface area contributed by atoms with Gasteiger partial charge in [-0.3, -0.25) is 5.41 Å². The minimum atomic E-state index is -0.0194. The average molecular weight is 133 g/mol. The highest BCUT2D eigenvalue weighted by atomic mass is 35.5. The summed E-state index contributed by atoms with van der Waals surface area (Å²) in [5, 5.41) is 6.73. The van der Waals surface area contributed by atoms with Crippen molar-refractivity contribution in [2.75, 3.05) is 0 Å². The molecule has 0 heterocycles. The highest BCUT2D eigenvalue weighted by Gasteiger charge is 1.83. The molecule has 2 nitrogen and oxygen atoms in total. The SMILES string of the molecule is CC(N)/C=C\C(=N)Cl. The van der Waals surface area contributed by atoms with Crippen molar-refractivity contribution in [2.45, 2.75) is 13.0 Å². The Kier molecular flexibility index (Phi) is 3.48. The molecule has 8 heavy (non-hydrogen) atoms. The molecule has 0 aliphatic rings. The summed E-state index contributed by atoms with van der Waals surface area (Å²) in [6.07, 6.45) is 3.13. The zero-order chi connectivity index (χ0) is 6.57. The van der Waals surface area contributed by atoms with Crippen LogP contribution in [0.2, 0.25) is 0 Å². The fraction of sp³-hybridized carbons (Fsp3) is 0.400. The number of hydrogen-bond acceptors (Lipinski definition) is 2. The smallest absolute Gasteiger partial charge is 0.120 e. The van der Waals surface area contributed by atoms with Crippen LogP contribution in [0.3, 0.4) is 0 Å². The molecule has 0 radical (unpaired) electrons. The lowest BCUT2D eigenvalue weighted by Crippen LogP contribution is -2.10. The highest BCUT2D eigenvalue weighted by Crippen LogP contribution is 1.84. The van der Waals surface area contributed by atoms with Crippen molar-refractivity contribution in [1.82, 2.24) is 0 Å². The molecule has 0 rings (SSSR count). The van der Waals surface area contributed by atoms with Crippen molar-refractivity contribution in [1.29, 1.82) is 5.41 Å². The molecule has 0 spiro atoms. The van der Waals surface area contributed by atoms with Gasteiger partial charge in [-0.15, -0.1) is 0 Å². The number of allylic oxidation sites excluding steroid dienone is 1. The molecule has 0 aromatic rings. The van der Waals surface area contributed by atoms with E-state index < -0.39 is 0 Å². The summed E-state index contributed by atoms with van der Waals surface area (Å²) in [4.78, 5) is 0. The third-order valence-electron chi connectivity index (χ3n) is 0.546. The first-order valence-electron chi connectivity index (χ1n) is 2.31. The van der Waals surface area contributed by atoms with Gasteiger partial charge >= 0.3 is 0 Å². The van der Waals surface area contributed by atoms with Gasteiger partial charge in [0.25, 0.3) is 0 Å². The number of rotatable bonds is 2. The first-order valence-corrected chi connectivity index (χ1v) is 2.68. The summed E-state index contributed by atoms with van der Waals surface area (Å²) in [7, 11) is 0. The maximum atomic E-state index is 6.71. The predicted octanol–water partition coefficient (Wildman–Crippen LogP) is 1.11. The van der Waals surface area contributed by atoms with Gasteiger partial charge in [0.05, 0.1) is 0 Å². The lowest BCUT2D eigenvalue weighted by atomic mass is 10.3. The number of nitrogens with two attached hydrogens (primary N) is 1. The molecule has 46 valence electrons. The van der Waals surface area contributed by atoms with Crippen molar-refractivity contribution in [3.8, 4) is 0 Å². The van der Waals surface area contributed by atoms with E-state index in [2.05, 4.69) is 0 Å². The van der Waals surface area contributed by atoms with Crippen LogP contribution >= 0.6 is 11.6 Å². The summed E-state index contributed by atoms with van der Waals surface area (Å²) >= 11 is 5.16. The first kappa shape index (κ1) is 7.66. The van der Waals surface area contributed by atoms with Crippen molar-refractivity contribution < 1.29 is 0 Å². The Morgan fingerprint density at radius 3 is 2.50 bits per heavy atom. The van der Waals surface area contributed by atoms with Gasteiger partial charge in [-0.1, -0.05) is 17.7 Å². The standard InChI is InChI=1S/C5H9ClN2/c1-4(7)2-3-5(6)8/h2-4,8H,7H2,1H3/b3-2-,8-5?. The van der Waals surface area contributed by atoms with Crippen LogP contribution in [0.25, 0.3) is 0 Å². The molecule has 3 N–H and O–H groups in total. The van der Waals surface area contributed by atoms with E-state index in [1.807, 2.05) is 6.92 Å². The van der Waals surface area contributed by atoms with Crippen LogP contribution in [0.5, 0.6) is 0 Å². The van der Waals surface area contributed by atoms with E-state index in [1.165, 1.54) is 6.08 Å². The van der Waals surface area contributed by atoms with Crippen LogP contribution < -0.4 is 5.73 Å². The molecular weight excluding hydrogens is 124 g/mol. The second-order valence-corrected chi connectivity index (χ2v) is 1.97. The van der Waals surface area contributed by atoms with Gasteiger partial charge in [0.15, 0.2) is 0 Å². The Hall–Kier alpha value is -0.340. The summed E-state index contributed by atoms with van der Waals surface area (Å²) in [5.41, 5.74) is 5.30. The molecule has 0 aromatic carbocycles. The highest BCUT2D eigenvalue weighted by molar-refractivity contribution is 6.67. The average Bonchev–Trinajstić information content (AvgIpc) is 1.61. The van der Waals surface area contributed by atoms with E-state index >= 15 is 0 Å². The molecule has 0 saturated heterocycles. The summed E-state index contributed by atoms with van der Waals surface area (Å²) in [6.45, 7) is 1.82. The lowest BCUT2D eigenvalue weighted by molar-refractivity contribution is 0.927. The molecule has 1 unspecified atom stereocenters. The molecule has 0 fully saturated rings. The fourth-order valence-electron chi connectivity index (χ4n) is 0.236. The Morgan fingerprint density at radius 2 is 2.38 bits per heavy atom. The Labute approximate surface area is 53.8 Å². The second-order valence-electron chi connectivity index (χ2n) is 1.57. The molecule has 0 aromatic heterocycles. The van der Waals surface area contributed by atoms with Gasteiger partial charge in [0.2, 0.25) is 0 Å². The second kappa shape index (κ2) is 3.64. The van der Waals surface area contributed by atoms with Crippen LogP contribution in [-0.2, 0) is 0 Å². The van der Waals surface area contributed by atoms with Gasteiger partial charge in [-0.25, -0.2) is 0 Å². The van der Waals surface area contributed by atoms with Crippen LogP contribution in [0.1, 0.15) is 6.92 Å². The van der Waals surface area contributed by atoms with E-state index in [4.69, 9.17) is 22.7 Å². The van der Waals surface area contributed by atoms with Gasteiger partial charge in [0.1, 0.15) is 5.17 Å².